The van der Waals surface area contributed by atoms with Crippen LogP contribution >= 0.6 is 0 Å². The molecule has 0 spiro atoms. The molecule has 2 aromatic carbocycles. The van der Waals surface area contributed by atoms with Gasteiger partial charge in [-0.1, -0.05) is 42.5 Å². The average molecular weight is 458 g/mol. The van der Waals surface area contributed by atoms with Crippen LogP contribution in [0.3, 0.4) is 0 Å². The van der Waals surface area contributed by atoms with E-state index < -0.39 is 15.4 Å². The molecule has 0 aromatic heterocycles. The topological polar surface area (TPSA) is 86.8 Å². The molecule has 0 saturated carbocycles. The summed E-state index contributed by atoms with van der Waals surface area (Å²) in [6, 6.07) is 17.0. The van der Waals surface area contributed by atoms with Crippen LogP contribution in [0.4, 0.5) is 0 Å². The van der Waals surface area contributed by atoms with Gasteiger partial charge in [0.05, 0.1) is 11.7 Å². The van der Waals surface area contributed by atoms with Gasteiger partial charge < -0.3 is 9.80 Å². The van der Waals surface area contributed by atoms with Gasteiger partial charge in [-0.2, -0.15) is 0 Å². The van der Waals surface area contributed by atoms with E-state index >= 15 is 0 Å². The first-order valence-corrected chi connectivity index (χ1v) is 12.6. The molecule has 3 rings (SSSR count). The number of carbonyl (C=O) groups is 2. The molecule has 1 aliphatic heterocycles. The highest BCUT2D eigenvalue weighted by molar-refractivity contribution is 7.88. The van der Waals surface area contributed by atoms with E-state index in [4.69, 9.17) is 0 Å². The van der Waals surface area contributed by atoms with E-state index in [1.54, 1.807) is 17.0 Å². The monoisotopic (exact) mass is 457 g/mol. The Morgan fingerprint density at radius 2 is 1.47 bits per heavy atom. The Morgan fingerprint density at radius 3 is 2.03 bits per heavy atom. The maximum atomic E-state index is 13.1. The quantitative estimate of drug-likeness (QED) is 0.689. The van der Waals surface area contributed by atoms with Gasteiger partial charge in [0.1, 0.15) is 0 Å². The van der Waals surface area contributed by atoms with E-state index in [0.29, 0.717) is 44.7 Å². The molecule has 2 aromatic rings. The highest BCUT2D eigenvalue weighted by atomic mass is 32.2. The third kappa shape index (κ3) is 5.95. The first kappa shape index (κ1) is 23.9. The Morgan fingerprint density at radius 1 is 0.906 bits per heavy atom. The molecule has 0 unspecified atom stereocenters. The molecular weight excluding hydrogens is 426 g/mol. The maximum absolute atomic E-state index is 13.1. The molecule has 0 aliphatic carbocycles. The molecule has 2 amide bonds. The molecule has 172 valence electrons. The van der Waals surface area contributed by atoms with Crippen molar-refractivity contribution in [1.29, 1.82) is 0 Å². The minimum Gasteiger partial charge on any atom is -0.338 e. The molecule has 1 saturated heterocycles. The molecule has 1 N–H and O–H groups in total. The summed E-state index contributed by atoms with van der Waals surface area (Å²) >= 11 is 0. The van der Waals surface area contributed by atoms with Crippen LogP contribution in [0.5, 0.6) is 0 Å². The molecule has 7 nitrogen and oxygen atoms in total. The molecule has 0 bridgehead atoms. The van der Waals surface area contributed by atoms with Gasteiger partial charge in [-0.3, -0.25) is 9.59 Å². The predicted molar refractivity (Wildman–Crippen MR) is 125 cm³/mol. The fraction of sp³-hybridized carbons (Fsp3) is 0.417. The average Bonchev–Trinajstić information content (AvgIpc) is 2.78. The van der Waals surface area contributed by atoms with Crippen LogP contribution in [-0.2, 0) is 26.7 Å². The predicted octanol–water partition coefficient (Wildman–Crippen LogP) is 2.04. The lowest BCUT2D eigenvalue weighted by molar-refractivity contribution is -0.137. The van der Waals surface area contributed by atoms with Crippen molar-refractivity contribution in [1.82, 2.24) is 14.5 Å². The van der Waals surface area contributed by atoms with Gasteiger partial charge in [0, 0.05) is 38.3 Å². The first-order valence-electron chi connectivity index (χ1n) is 10.8. The van der Waals surface area contributed by atoms with Crippen LogP contribution in [0.1, 0.15) is 35.3 Å². The number of hydrogen-bond acceptors (Lipinski definition) is 4. The Balaban J connectivity index is 1.54. The van der Waals surface area contributed by atoms with Crippen LogP contribution < -0.4 is 4.72 Å². The largest absolute Gasteiger partial charge is 0.338 e. The molecule has 1 heterocycles. The number of piperazine rings is 1. The van der Waals surface area contributed by atoms with Crippen LogP contribution in [0, 0.1) is 0 Å². The number of hydrogen-bond donors (Lipinski definition) is 1. The van der Waals surface area contributed by atoms with Crippen molar-refractivity contribution in [2.75, 3.05) is 39.0 Å². The van der Waals surface area contributed by atoms with Crippen LogP contribution in [0.15, 0.2) is 54.6 Å². The van der Waals surface area contributed by atoms with Crippen molar-refractivity contribution >= 4 is 21.8 Å². The molecule has 32 heavy (non-hydrogen) atoms. The van der Waals surface area contributed by atoms with E-state index in [9.17, 15) is 18.0 Å². The summed E-state index contributed by atoms with van der Waals surface area (Å²) in [5.41, 5.74) is 1.91. The summed E-state index contributed by atoms with van der Waals surface area (Å²) in [7, 11) is -3.21. The summed E-state index contributed by atoms with van der Waals surface area (Å²) < 4.78 is 24.8. The lowest BCUT2D eigenvalue weighted by Gasteiger charge is -2.38. The Kier molecular flexibility index (Phi) is 7.36. The fourth-order valence-electron chi connectivity index (χ4n) is 3.86. The van der Waals surface area contributed by atoms with Gasteiger partial charge in [0.15, 0.2) is 0 Å². The van der Waals surface area contributed by atoms with Gasteiger partial charge in [-0.05, 0) is 43.5 Å². The standard InChI is InChI=1S/C24H31N3O4S/c1-24(2,21-7-5-4-6-8-21)23(29)27-17-15-26(16-18-27)22(28)20-11-9-19(10-12-20)13-14-25-32(3,30)31/h4-12,25H,13-18H2,1-3H3. The van der Waals surface area contributed by atoms with E-state index in [1.165, 1.54) is 0 Å². The molecule has 1 aliphatic rings. The molecule has 0 atom stereocenters. The minimum absolute atomic E-state index is 0.0553. The van der Waals surface area contributed by atoms with Crippen molar-refractivity contribution in [2.45, 2.75) is 25.7 Å². The lowest BCUT2D eigenvalue weighted by Crippen LogP contribution is -2.54. The second-order valence-corrected chi connectivity index (χ2v) is 10.5. The molecule has 1 fully saturated rings. The van der Waals surface area contributed by atoms with Gasteiger partial charge in [-0.15, -0.1) is 0 Å². The number of sulfonamides is 1. The van der Waals surface area contributed by atoms with Gasteiger partial charge in [0.25, 0.3) is 5.91 Å². The number of nitrogens with zero attached hydrogens (tertiary/aromatic N) is 2. The zero-order valence-corrected chi connectivity index (χ0v) is 19.7. The Hall–Kier alpha value is -2.71. The van der Waals surface area contributed by atoms with Crippen LogP contribution in [-0.4, -0.2) is 69.0 Å². The summed E-state index contributed by atoms with van der Waals surface area (Å²) in [6.45, 7) is 6.21. The zero-order chi connectivity index (χ0) is 23.4. The Labute approximate surface area is 190 Å². The first-order chi connectivity index (χ1) is 15.1. The van der Waals surface area contributed by atoms with Crippen molar-refractivity contribution in [2.24, 2.45) is 0 Å². The number of amides is 2. The smallest absolute Gasteiger partial charge is 0.253 e. The highest BCUT2D eigenvalue weighted by Gasteiger charge is 2.35. The Bertz CT molecular complexity index is 1040. The van der Waals surface area contributed by atoms with Crippen molar-refractivity contribution < 1.29 is 18.0 Å². The summed E-state index contributed by atoms with van der Waals surface area (Å²) in [5.74, 6) is 0.0167. The van der Waals surface area contributed by atoms with Crippen LogP contribution in [0.25, 0.3) is 0 Å². The number of rotatable bonds is 7. The summed E-state index contributed by atoms with van der Waals surface area (Å²) in [6.07, 6.45) is 1.68. The molecular formula is C24H31N3O4S. The zero-order valence-electron chi connectivity index (χ0n) is 18.9. The van der Waals surface area contributed by atoms with E-state index in [1.807, 2.05) is 61.2 Å². The van der Waals surface area contributed by atoms with Gasteiger partial charge in [0.2, 0.25) is 15.9 Å². The summed E-state index contributed by atoms with van der Waals surface area (Å²) in [4.78, 5) is 29.6. The van der Waals surface area contributed by atoms with E-state index in [2.05, 4.69) is 4.72 Å². The van der Waals surface area contributed by atoms with Gasteiger partial charge in [-0.25, -0.2) is 13.1 Å². The third-order valence-electron chi connectivity index (χ3n) is 5.86. The number of carbonyl (C=O) groups excluding carboxylic acids is 2. The van der Waals surface area contributed by atoms with Crippen molar-refractivity contribution in [3.05, 3.63) is 71.3 Å². The van der Waals surface area contributed by atoms with Gasteiger partial charge >= 0.3 is 0 Å². The number of nitrogens with one attached hydrogen (secondary N) is 1. The third-order valence-corrected chi connectivity index (χ3v) is 6.59. The fourth-order valence-corrected chi connectivity index (χ4v) is 4.34. The maximum Gasteiger partial charge on any atom is 0.253 e. The van der Waals surface area contributed by atoms with Crippen molar-refractivity contribution in [3.8, 4) is 0 Å². The molecule has 8 heteroatoms. The summed E-state index contributed by atoms with van der Waals surface area (Å²) in [5, 5.41) is 0. The lowest BCUT2D eigenvalue weighted by atomic mass is 9.83. The van der Waals surface area contributed by atoms with Crippen molar-refractivity contribution in [3.63, 3.8) is 0 Å². The molecule has 0 radical (unpaired) electrons. The SMILES string of the molecule is CC(C)(C(=O)N1CCN(C(=O)c2ccc(CCNS(C)(=O)=O)cc2)CC1)c1ccccc1. The van der Waals surface area contributed by atoms with Crippen LogP contribution in [0.2, 0.25) is 0 Å². The van der Waals surface area contributed by atoms with E-state index in [-0.39, 0.29) is 11.8 Å². The van der Waals surface area contributed by atoms with E-state index in [0.717, 1.165) is 17.4 Å². The highest BCUT2D eigenvalue weighted by Crippen LogP contribution is 2.26. The number of benzene rings is 2. The second-order valence-electron chi connectivity index (χ2n) is 8.69. The second kappa shape index (κ2) is 9.83. The normalized spacial score (nSPS) is 15.0. The minimum atomic E-state index is -3.21.